The molecule has 4 nitrogen and oxygen atoms in total. The molecule has 0 unspecified atom stereocenters. The summed E-state index contributed by atoms with van der Waals surface area (Å²) in [6, 6.07) is 9.49. The van der Waals surface area contributed by atoms with Gasteiger partial charge in [-0.3, -0.25) is 9.59 Å². The number of anilines is 1. The molecule has 0 fully saturated rings. The Bertz CT molecular complexity index is 746. The molecule has 0 aromatic heterocycles. The number of ether oxygens (including phenoxy) is 1. The Morgan fingerprint density at radius 3 is 2.48 bits per heavy atom. The molecule has 1 atom stereocenters. The summed E-state index contributed by atoms with van der Waals surface area (Å²) in [5.41, 5.74) is 0.917. The lowest BCUT2D eigenvalue weighted by molar-refractivity contribution is -0.122. The fourth-order valence-electron chi connectivity index (χ4n) is 1.87. The third kappa shape index (κ3) is 4.35. The molecule has 0 saturated carbocycles. The summed E-state index contributed by atoms with van der Waals surface area (Å²) >= 11 is 0. The number of hydrogen-bond acceptors (Lipinski definition) is 3. The van der Waals surface area contributed by atoms with Crippen molar-refractivity contribution < 1.29 is 23.1 Å². The molecular formula is C17H15F2NO3. The molecule has 0 spiro atoms. The van der Waals surface area contributed by atoms with E-state index in [-0.39, 0.29) is 11.5 Å². The number of carbonyl (C=O) groups excluding carboxylic acids is 2. The first-order valence-electron chi connectivity index (χ1n) is 6.90. The Morgan fingerprint density at radius 2 is 1.83 bits per heavy atom. The Kier molecular flexibility index (Phi) is 5.05. The van der Waals surface area contributed by atoms with Crippen molar-refractivity contribution in [1.82, 2.24) is 0 Å². The van der Waals surface area contributed by atoms with Crippen molar-refractivity contribution in [3.63, 3.8) is 0 Å². The standard InChI is InChI=1S/C17H15F2NO3/c1-10(21)12-4-3-5-13(8-12)20-17(22)11(2)23-14-6-7-15(18)16(19)9-14/h3-9,11H,1-2H3,(H,20,22)/t11-/m0/s1. The van der Waals surface area contributed by atoms with Gasteiger partial charge in [0.15, 0.2) is 23.5 Å². The van der Waals surface area contributed by atoms with Gasteiger partial charge in [0.05, 0.1) is 0 Å². The number of benzene rings is 2. The molecule has 1 N–H and O–H groups in total. The molecular weight excluding hydrogens is 304 g/mol. The van der Waals surface area contributed by atoms with Crippen LogP contribution in [0.3, 0.4) is 0 Å². The summed E-state index contributed by atoms with van der Waals surface area (Å²) in [5, 5.41) is 2.60. The Morgan fingerprint density at radius 1 is 1.09 bits per heavy atom. The summed E-state index contributed by atoms with van der Waals surface area (Å²) in [5.74, 6) is -2.59. The number of amides is 1. The van der Waals surface area contributed by atoms with Crippen molar-refractivity contribution in [3.05, 3.63) is 59.7 Å². The lowest BCUT2D eigenvalue weighted by Gasteiger charge is -2.15. The molecule has 2 rings (SSSR count). The van der Waals surface area contributed by atoms with Crippen LogP contribution >= 0.6 is 0 Å². The summed E-state index contributed by atoms with van der Waals surface area (Å²) in [6.45, 7) is 2.90. The smallest absolute Gasteiger partial charge is 0.265 e. The summed E-state index contributed by atoms with van der Waals surface area (Å²) in [7, 11) is 0. The second kappa shape index (κ2) is 7.00. The van der Waals surface area contributed by atoms with Crippen LogP contribution in [0.5, 0.6) is 5.75 Å². The van der Waals surface area contributed by atoms with Gasteiger partial charge < -0.3 is 10.1 Å². The highest BCUT2D eigenvalue weighted by Gasteiger charge is 2.16. The highest BCUT2D eigenvalue weighted by molar-refractivity contribution is 5.98. The van der Waals surface area contributed by atoms with E-state index in [1.807, 2.05) is 0 Å². The van der Waals surface area contributed by atoms with E-state index in [9.17, 15) is 18.4 Å². The minimum absolute atomic E-state index is 0.0454. The summed E-state index contributed by atoms with van der Waals surface area (Å²) in [4.78, 5) is 23.4. The molecule has 0 heterocycles. The highest BCUT2D eigenvalue weighted by atomic mass is 19.2. The fourth-order valence-corrected chi connectivity index (χ4v) is 1.87. The van der Waals surface area contributed by atoms with E-state index in [1.54, 1.807) is 24.3 Å². The van der Waals surface area contributed by atoms with Crippen LogP contribution in [-0.4, -0.2) is 17.8 Å². The van der Waals surface area contributed by atoms with Crippen molar-refractivity contribution in [2.45, 2.75) is 20.0 Å². The number of rotatable bonds is 5. The molecule has 0 aliphatic heterocycles. The number of Topliss-reactive ketones (excluding diaryl/α,β-unsaturated/α-hetero) is 1. The molecule has 0 aliphatic carbocycles. The van der Waals surface area contributed by atoms with E-state index in [4.69, 9.17) is 4.74 Å². The van der Waals surface area contributed by atoms with Crippen LogP contribution in [-0.2, 0) is 4.79 Å². The van der Waals surface area contributed by atoms with E-state index < -0.39 is 23.6 Å². The topological polar surface area (TPSA) is 55.4 Å². The van der Waals surface area contributed by atoms with Gasteiger partial charge in [0.2, 0.25) is 0 Å². The number of hydrogen-bond donors (Lipinski definition) is 1. The third-order valence-electron chi connectivity index (χ3n) is 3.11. The first-order valence-corrected chi connectivity index (χ1v) is 6.90. The zero-order valence-corrected chi connectivity index (χ0v) is 12.6. The lowest BCUT2D eigenvalue weighted by Crippen LogP contribution is -2.30. The first kappa shape index (κ1) is 16.6. The van der Waals surface area contributed by atoms with Crippen molar-refractivity contribution >= 4 is 17.4 Å². The molecule has 1 amide bonds. The van der Waals surface area contributed by atoms with Gasteiger partial charge in [-0.25, -0.2) is 8.78 Å². The molecule has 23 heavy (non-hydrogen) atoms. The Balaban J connectivity index is 2.03. The molecule has 0 bridgehead atoms. The largest absolute Gasteiger partial charge is 0.481 e. The predicted molar refractivity (Wildman–Crippen MR) is 81.5 cm³/mol. The first-order chi connectivity index (χ1) is 10.9. The Labute approximate surface area is 132 Å². The predicted octanol–water partition coefficient (Wildman–Crippen LogP) is 3.57. The second-order valence-corrected chi connectivity index (χ2v) is 4.96. The number of ketones is 1. The van der Waals surface area contributed by atoms with Gasteiger partial charge in [-0.05, 0) is 38.1 Å². The molecule has 2 aromatic rings. The van der Waals surface area contributed by atoms with Gasteiger partial charge in [0.25, 0.3) is 5.91 Å². The Hall–Kier alpha value is -2.76. The van der Waals surface area contributed by atoms with Gasteiger partial charge in [-0.2, -0.15) is 0 Å². The van der Waals surface area contributed by atoms with Crippen LogP contribution in [0, 0.1) is 11.6 Å². The van der Waals surface area contributed by atoms with Crippen LogP contribution < -0.4 is 10.1 Å². The van der Waals surface area contributed by atoms with E-state index in [0.717, 1.165) is 12.1 Å². The van der Waals surface area contributed by atoms with Crippen LogP contribution in [0.2, 0.25) is 0 Å². The van der Waals surface area contributed by atoms with E-state index in [2.05, 4.69) is 5.32 Å². The van der Waals surface area contributed by atoms with Gasteiger partial charge in [-0.15, -0.1) is 0 Å². The van der Waals surface area contributed by atoms with Crippen LogP contribution in [0.1, 0.15) is 24.2 Å². The fraction of sp³-hybridized carbons (Fsp3) is 0.176. The molecule has 0 radical (unpaired) electrons. The minimum Gasteiger partial charge on any atom is -0.481 e. The number of nitrogens with one attached hydrogen (secondary N) is 1. The monoisotopic (exact) mass is 319 g/mol. The second-order valence-electron chi connectivity index (χ2n) is 4.96. The SMILES string of the molecule is CC(=O)c1cccc(NC(=O)[C@H](C)Oc2ccc(F)c(F)c2)c1. The van der Waals surface area contributed by atoms with E-state index in [1.165, 1.54) is 19.9 Å². The van der Waals surface area contributed by atoms with Gasteiger partial charge >= 0.3 is 0 Å². The average molecular weight is 319 g/mol. The van der Waals surface area contributed by atoms with Gasteiger partial charge in [0, 0.05) is 17.3 Å². The third-order valence-corrected chi connectivity index (χ3v) is 3.11. The van der Waals surface area contributed by atoms with E-state index in [0.29, 0.717) is 11.3 Å². The zero-order valence-electron chi connectivity index (χ0n) is 12.6. The lowest BCUT2D eigenvalue weighted by atomic mass is 10.1. The van der Waals surface area contributed by atoms with Crippen molar-refractivity contribution in [1.29, 1.82) is 0 Å². The maximum Gasteiger partial charge on any atom is 0.265 e. The number of halogens is 2. The van der Waals surface area contributed by atoms with Crippen molar-refractivity contribution in [2.75, 3.05) is 5.32 Å². The maximum absolute atomic E-state index is 13.1. The summed E-state index contributed by atoms with van der Waals surface area (Å²) in [6.07, 6.45) is -0.930. The van der Waals surface area contributed by atoms with Crippen LogP contribution in [0.4, 0.5) is 14.5 Å². The normalized spacial score (nSPS) is 11.7. The molecule has 6 heteroatoms. The van der Waals surface area contributed by atoms with Crippen LogP contribution in [0.25, 0.3) is 0 Å². The molecule has 2 aromatic carbocycles. The molecule has 0 aliphatic rings. The van der Waals surface area contributed by atoms with Crippen LogP contribution in [0.15, 0.2) is 42.5 Å². The van der Waals surface area contributed by atoms with Crippen molar-refractivity contribution in [2.24, 2.45) is 0 Å². The van der Waals surface area contributed by atoms with Gasteiger partial charge in [-0.1, -0.05) is 12.1 Å². The van der Waals surface area contributed by atoms with E-state index >= 15 is 0 Å². The number of carbonyl (C=O) groups is 2. The summed E-state index contributed by atoms with van der Waals surface area (Å²) < 4.78 is 31.2. The average Bonchev–Trinajstić information content (AvgIpc) is 2.51. The van der Waals surface area contributed by atoms with Crippen molar-refractivity contribution in [3.8, 4) is 5.75 Å². The molecule has 120 valence electrons. The quantitative estimate of drug-likeness (QED) is 0.857. The minimum atomic E-state index is -1.05. The highest BCUT2D eigenvalue weighted by Crippen LogP contribution is 2.18. The maximum atomic E-state index is 13.1. The van der Waals surface area contributed by atoms with Gasteiger partial charge in [0.1, 0.15) is 5.75 Å². The molecule has 0 saturated heterocycles. The zero-order chi connectivity index (χ0) is 17.0.